The highest BCUT2D eigenvalue weighted by atomic mass is 127. The van der Waals surface area contributed by atoms with Crippen LogP contribution in [0.4, 0.5) is 5.13 Å². The molecule has 3 rings (SSSR count). The van der Waals surface area contributed by atoms with Gasteiger partial charge in [-0.2, -0.15) is 0 Å². The van der Waals surface area contributed by atoms with Gasteiger partial charge >= 0.3 is 0 Å². The first-order chi connectivity index (χ1) is 14.2. The molecule has 1 aromatic rings. The van der Waals surface area contributed by atoms with E-state index < -0.39 is 0 Å². The van der Waals surface area contributed by atoms with E-state index in [0.29, 0.717) is 12.6 Å². The van der Waals surface area contributed by atoms with Gasteiger partial charge in [-0.3, -0.25) is 14.7 Å². The van der Waals surface area contributed by atoms with E-state index in [1.165, 1.54) is 12.8 Å². The van der Waals surface area contributed by atoms with Gasteiger partial charge in [-0.1, -0.05) is 0 Å². The van der Waals surface area contributed by atoms with Gasteiger partial charge in [-0.25, -0.2) is 4.98 Å². The summed E-state index contributed by atoms with van der Waals surface area (Å²) in [5, 5.41) is 12.9. The Morgan fingerprint density at radius 1 is 1.27 bits per heavy atom. The minimum atomic E-state index is 0. The Balaban J connectivity index is 0.00000320. The maximum Gasteiger partial charge on any atom is 0.233 e. The molecule has 1 amide bonds. The van der Waals surface area contributed by atoms with Crippen LogP contribution >= 0.6 is 35.3 Å². The third-order valence-corrected chi connectivity index (χ3v) is 6.42. The summed E-state index contributed by atoms with van der Waals surface area (Å²) in [7, 11) is 1.69. The zero-order valence-electron chi connectivity index (χ0n) is 18.2. The Labute approximate surface area is 201 Å². The Morgan fingerprint density at radius 2 is 2.00 bits per heavy atom. The Kier molecular flexibility index (Phi) is 11.1. The van der Waals surface area contributed by atoms with Crippen molar-refractivity contribution in [2.75, 3.05) is 57.8 Å². The van der Waals surface area contributed by atoms with E-state index in [4.69, 9.17) is 9.98 Å². The van der Waals surface area contributed by atoms with Crippen molar-refractivity contribution in [2.24, 2.45) is 4.99 Å². The standard InChI is InChI=1S/C20H35N7OS.HI/c1-3-22-19(24-16-7-12-26(13-8-16)14-18(28)21-2)23-9-6-17-15-29-20(25-17)27-10-4-5-11-27;/h15-16H,3-14H2,1-2H3,(H,21,28)(H2,22,23,24);1H. The topological polar surface area (TPSA) is 84.9 Å². The summed E-state index contributed by atoms with van der Waals surface area (Å²) in [5.74, 6) is 0.966. The average Bonchev–Trinajstić information content (AvgIpc) is 3.41. The van der Waals surface area contributed by atoms with Gasteiger partial charge in [0.25, 0.3) is 0 Å². The third-order valence-electron chi connectivity index (χ3n) is 5.47. The van der Waals surface area contributed by atoms with E-state index in [0.717, 1.165) is 75.3 Å². The molecule has 30 heavy (non-hydrogen) atoms. The van der Waals surface area contributed by atoms with Crippen LogP contribution in [0.15, 0.2) is 10.4 Å². The number of likely N-dealkylation sites (N-methyl/N-ethyl adjacent to an activating group) is 1. The van der Waals surface area contributed by atoms with Gasteiger partial charge in [0.15, 0.2) is 11.1 Å². The molecule has 0 atom stereocenters. The number of aliphatic imine (C=N–C) groups is 1. The van der Waals surface area contributed by atoms with Crippen molar-refractivity contribution in [2.45, 2.75) is 45.1 Å². The van der Waals surface area contributed by atoms with Crippen molar-refractivity contribution in [1.29, 1.82) is 0 Å². The van der Waals surface area contributed by atoms with Crippen molar-refractivity contribution in [1.82, 2.24) is 25.8 Å². The lowest BCUT2D eigenvalue weighted by molar-refractivity contribution is -0.122. The highest BCUT2D eigenvalue weighted by Crippen LogP contribution is 2.24. The lowest BCUT2D eigenvalue weighted by Crippen LogP contribution is -2.50. The molecule has 0 radical (unpaired) electrons. The molecule has 0 bridgehead atoms. The van der Waals surface area contributed by atoms with Gasteiger partial charge in [-0.05, 0) is 32.6 Å². The molecule has 0 aromatic carbocycles. The number of amides is 1. The first-order valence-electron chi connectivity index (χ1n) is 10.8. The third kappa shape index (κ3) is 7.84. The second-order valence-electron chi connectivity index (χ2n) is 7.69. The summed E-state index contributed by atoms with van der Waals surface area (Å²) in [5.41, 5.74) is 1.14. The van der Waals surface area contributed by atoms with Gasteiger partial charge < -0.3 is 20.9 Å². The average molecular weight is 550 g/mol. The van der Waals surface area contributed by atoms with E-state index in [2.05, 4.69) is 38.1 Å². The number of hydrogen-bond donors (Lipinski definition) is 3. The van der Waals surface area contributed by atoms with E-state index in [-0.39, 0.29) is 29.9 Å². The molecule has 2 aliphatic rings. The Bertz CT molecular complexity index is 670. The number of thiazole rings is 1. The van der Waals surface area contributed by atoms with Crippen LogP contribution in [0, 0.1) is 0 Å². The van der Waals surface area contributed by atoms with Gasteiger partial charge in [-0.15, -0.1) is 35.3 Å². The molecule has 170 valence electrons. The zero-order chi connectivity index (χ0) is 20.5. The smallest absolute Gasteiger partial charge is 0.233 e. The van der Waals surface area contributed by atoms with Crippen LogP contribution in [0.1, 0.15) is 38.3 Å². The fraction of sp³-hybridized carbons (Fsp3) is 0.750. The van der Waals surface area contributed by atoms with Crippen LogP contribution in [0.25, 0.3) is 0 Å². The summed E-state index contributed by atoms with van der Waals surface area (Å²) >= 11 is 1.75. The number of aromatic nitrogens is 1. The van der Waals surface area contributed by atoms with Crippen LogP contribution in [0.2, 0.25) is 0 Å². The molecule has 2 aliphatic heterocycles. The summed E-state index contributed by atoms with van der Waals surface area (Å²) in [6, 6.07) is 0.398. The van der Waals surface area contributed by atoms with Crippen LogP contribution < -0.4 is 20.9 Å². The lowest BCUT2D eigenvalue weighted by atomic mass is 10.1. The van der Waals surface area contributed by atoms with Crippen molar-refractivity contribution in [3.8, 4) is 0 Å². The van der Waals surface area contributed by atoms with Gasteiger partial charge in [0.05, 0.1) is 12.2 Å². The molecular formula is C20H36IN7OS. The molecule has 2 saturated heterocycles. The monoisotopic (exact) mass is 549 g/mol. The fourth-order valence-electron chi connectivity index (χ4n) is 3.78. The van der Waals surface area contributed by atoms with Crippen molar-refractivity contribution in [3.05, 3.63) is 11.1 Å². The van der Waals surface area contributed by atoms with E-state index in [1.807, 2.05) is 0 Å². The molecule has 0 aliphatic carbocycles. The summed E-state index contributed by atoms with van der Waals surface area (Å²) in [6.45, 7) is 8.30. The number of anilines is 1. The number of guanidine groups is 1. The Morgan fingerprint density at radius 3 is 2.67 bits per heavy atom. The maximum atomic E-state index is 11.5. The van der Waals surface area contributed by atoms with Crippen LogP contribution in [0.3, 0.4) is 0 Å². The second-order valence-corrected chi connectivity index (χ2v) is 8.53. The highest BCUT2D eigenvalue weighted by Gasteiger charge is 2.21. The quantitative estimate of drug-likeness (QED) is 0.260. The predicted molar refractivity (Wildman–Crippen MR) is 135 cm³/mol. The zero-order valence-corrected chi connectivity index (χ0v) is 21.3. The fourth-order valence-corrected chi connectivity index (χ4v) is 4.69. The SMILES string of the molecule is CCNC(=NCCc1csc(N2CCCC2)n1)NC1CCN(CC(=O)NC)CC1.I. The number of piperidine rings is 1. The molecular weight excluding hydrogens is 513 g/mol. The van der Waals surface area contributed by atoms with E-state index in [9.17, 15) is 4.79 Å². The largest absolute Gasteiger partial charge is 0.358 e. The molecule has 0 unspecified atom stereocenters. The molecule has 10 heteroatoms. The van der Waals surface area contributed by atoms with Crippen LogP contribution in [-0.4, -0.2) is 80.7 Å². The number of likely N-dealkylation sites (tertiary alicyclic amines) is 1. The maximum absolute atomic E-state index is 11.5. The first-order valence-corrected chi connectivity index (χ1v) is 11.7. The predicted octanol–water partition coefficient (Wildman–Crippen LogP) is 1.67. The number of rotatable bonds is 8. The van der Waals surface area contributed by atoms with Gasteiger partial charge in [0, 0.05) is 64.2 Å². The van der Waals surface area contributed by atoms with Gasteiger partial charge in [0.1, 0.15) is 0 Å². The number of carbonyl (C=O) groups excluding carboxylic acids is 1. The molecule has 3 N–H and O–H groups in total. The second kappa shape index (κ2) is 13.3. The summed E-state index contributed by atoms with van der Waals surface area (Å²) in [6.07, 6.45) is 5.47. The Hall–Kier alpha value is -1.14. The van der Waals surface area contributed by atoms with Crippen LogP contribution in [-0.2, 0) is 11.2 Å². The summed E-state index contributed by atoms with van der Waals surface area (Å²) in [4.78, 5) is 25.7. The molecule has 1 aromatic heterocycles. The van der Waals surface area contributed by atoms with E-state index in [1.54, 1.807) is 18.4 Å². The molecule has 3 heterocycles. The molecule has 0 spiro atoms. The highest BCUT2D eigenvalue weighted by molar-refractivity contribution is 14.0. The summed E-state index contributed by atoms with van der Waals surface area (Å²) < 4.78 is 0. The normalized spacial score (nSPS) is 18.2. The number of carbonyl (C=O) groups is 1. The van der Waals surface area contributed by atoms with Crippen molar-refractivity contribution < 1.29 is 4.79 Å². The number of nitrogens with one attached hydrogen (secondary N) is 3. The van der Waals surface area contributed by atoms with Gasteiger partial charge in [0.2, 0.25) is 5.91 Å². The molecule has 8 nitrogen and oxygen atoms in total. The van der Waals surface area contributed by atoms with Crippen LogP contribution in [0.5, 0.6) is 0 Å². The first kappa shape index (κ1) is 25.1. The molecule has 2 fully saturated rings. The number of hydrogen-bond acceptors (Lipinski definition) is 6. The van der Waals surface area contributed by atoms with E-state index >= 15 is 0 Å². The van der Waals surface area contributed by atoms with Crippen molar-refractivity contribution in [3.63, 3.8) is 0 Å². The number of nitrogens with zero attached hydrogens (tertiary/aromatic N) is 4. The minimum absolute atomic E-state index is 0. The number of halogens is 1. The lowest BCUT2D eigenvalue weighted by Gasteiger charge is -2.32. The van der Waals surface area contributed by atoms with Crippen molar-refractivity contribution >= 4 is 52.3 Å². The minimum Gasteiger partial charge on any atom is -0.358 e. The molecule has 0 saturated carbocycles.